The molecule has 0 aromatic rings. The first-order valence-corrected chi connectivity index (χ1v) is 14.5. The lowest BCUT2D eigenvalue weighted by atomic mass is 9.69. The average Bonchev–Trinajstić information content (AvgIpc) is 3.68. The van der Waals surface area contributed by atoms with E-state index in [1.165, 1.54) is 32.1 Å². The molecule has 36 heavy (non-hydrogen) atoms. The van der Waals surface area contributed by atoms with Gasteiger partial charge >= 0.3 is 17.9 Å². The van der Waals surface area contributed by atoms with Crippen LogP contribution in [0.3, 0.4) is 0 Å². The van der Waals surface area contributed by atoms with Gasteiger partial charge in [-0.2, -0.15) is 0 Å². The lowest BCUT2D eigenvalue weighted by Gasteiger charge is -2.46. The molecule has 7 fully saturated rings. The normalized spacial score (nSPS) is 44.6. The highest BCUT2D eigenvalue weighted by molar-refractivity contribution is 5.86. The van der Waals surface area contributed by atoms with Gasteiger partial charge in [0.2, 0.25) is 0 Å². The van der Waals surface area contributed by atoms with E-state index in [2.05, 4.69) is 0 Å². The maximum absolute atomic E-state index is 14.0. The Bertz CT molecular complexity index is 910. The van der Waals surface area contributed by atoms with Crippen molar-refractivity contribution in [3.8, 4) is 0 Å². The Labute approximate surface area is 212 Å². The Morgan fingerprint density at radius 2 is 1.81 bits per heavy atom. The van der Waals surface area contributed by atoms with E-state index in [9.17, 15) is 14.4 Å². The molecule has 2 saturated heterocycles. The molecule has 7 aliphatic rings. The molecule has 2 heterocycles. The van der Waals surface area contributed by atoms with Crippen LogP contribution in [0.5, 0.6) is 0 Å². The summed E-state index contributed by atoms with van der Waals surface area (Å²) in [6.07, 6.45) is 10.1. The number of nitrogens with zero attached hydrogens (tertiary/aromatic N) is 1. The van der Waals surface area contributed by atoms with Crippen LogP contribution in [-0.4, -0.2) is 73.5 Å². The van der Waals surface area contributed by atoms with Gasteiger partial charge in [0.25, 0.3) is 0 Å². The van der Waals surface area contributed by atoms with Crippen LogP contribution in [0.1, 0.15) is 64.2 Å². The van der Waals surface area contributed by atoms with Gasteiger partial charge < -0.3 is 18.9 Å². The van der Waals surface area contributed by atoms with Gasteiger partial charge in [-0.25, -0.2) is 0 Å². The fourth-order valence-electron chi connectivity index (χ4n) is 9.46. The highest BCUT2D eigenvalue weighted by Crippen LogP contribution is 2.61. The molecule has 7 rings (SSSR count). The van der Waals surface area contributed by atoms with E-state index in [1.807, 2.05) is 4.90 Å². The van der Waals surface area contributed by atoms with Crippen LogP contribution < -0.4 is 0 Å². The number of carbonyl (C=O) groups excluding carboxylic acids is 3. The quantitative estimate of drug-likeness (QED) is 0.405. The number of fused-ring (bicyclic) bond motifs is 3. The number of esters is 3. The van der Waals surface area contributed by atoms with Crippen LogP contribution >= 0.6 is 0 Å². The summed E-state index contributed by atoms with van der Waals surface area (Å²) in [5.41, 5.74) is -0.374. The summed E-state index contributed by atoms with van der Waals surface area (Å²) in [6.45, 7) is 2.83. The molecule has 9 atom stereocenters. The molecule has 8 nitrogen and oxygen atoms in total. The topological polar surface area (TPSA) is 91.4 Å². The zero-order valence-corrected chi connectivity index (χ0v) is 21.1. The van der Waals surface area contributed by atoms with Crippen molar-refractivity contribution in [2.45, 2.75) is 82.0 Å². The molecule has 2 aliphatic heterocycles. The molecule has 0 amide bonds. The summed E-state index contributed by atoms with van der Waals surface area (Å²) < 4.78 is 23.7. The number of morpholine rings is 1. The van der Waals surface area contributed by atoms with Crippen molar-refractivity contribution < 1.29 is 33.3 Å². The van der Waals surface area contributed by atoms with E-state index in [4.69, 9.17) is 18.9 Å². The van der Waals surface area contributed by atoms with Crippen molar-refractivity contribution in [2.75, 3.05) is 32.8 Å². The Morgan fingerprint density at radius 1 is 1.00 bits per heavy atom. The second-order valence-electron chi connectivity index (χ2n) is 12.7. The van der Waals surface area contributed by atoms with Crippen molar-refractivity contribution in [3.63, 3.8) is 0 Å². The zero-order chi connectivity index (χ0) is 24.4. The first kappa shape index (κ1) is 23.4. The molecule has 0 spiro atoms. The number of rotatable bonds is 6. The molecular weight excluding hydrogens is 462 g/mol. The maximum atomic E-state index is 14.0. The van der Waals surface area contributed by atoms with Crippen LogP contribution in [0.2, 0.25) is 0 Å². The molecule has 198 valence electrons. The van der Waals surface area contributed by atoms with Gasteiger partial charge in [-0.15, -0.1) is 0 Å². The van der Waals surface area contributed by atoms with Gasteiger partial charge in [0.05, 0.1) is 31.6 Å². The predicted molar refractivity (Wildman–Crippen MR) is 126 cm³/mol. The van der Waals surface area contributed by atoms with Gasteiger partial charge in [-0.3, -0.25) is 19.3 Å². The molecule has 5 saturated carbocycles. The summed E-state index contributed by atoms with van der Waals surface area (Å²) in [7, 11) is 0. The van der Waals surface area contributed by atoms with E-state index < -0.39 is 24.0 Å². The van der Waals surface area contributed by atoms with Crippen LogP contribution in [0.25, 0.3) is 0 Å². The van der Waals surface area contributed by atoms with Gasteiger partial charge in [-0.05, 0) is 63.2 Å². The fourth-order valence-corrected chi connectivity index (χ4v) is 9.46. The summed E-state index contributed by atoms with van der Waals surface area (Å²) in [5, 5.41) is 0. The summed E-state index contributed by atoms with van der Waals surface area (Å²) in [6, 6.07) is 0. The summed E-state index contributed by atoms with van der Waals surface area (Å²) in [5.74, 6) is -0.165. The lowest BCUT2D eigenvalue weighted by molar-refractivity contribution is -0.187. The molecule has 9 unspecified atom stereocenters. The maximum Gasteiger partial charge on any atom is 0.320 e. The van der Waals surface area contributed by atoms with Gasteiger partial charge in [0.1, 0.15) is 17.8 Å². The van der Waals surface area contributed by atoms with E-state index in [1.54, 1.807) is 0 Å². The number of carbonyl (C=O) groups is 3. The minimum absolute atomic E-state index is 0.0500. The number of ether oxygens (including phenoxy) is 4. The van der Waals surface area contributed by atoms with Gasteiger partial charge in [0.15, 0.2) is 0 Å². The minimum atomic E-state index is -0.556. The molecule has 5 aliphatic carbocycles. The first-order valence-electron chi connectivity index (χ1n) is 14.5. The van der Waals surface area contributed by atoms with Gasteiger partial charge in [0, 0.05) is 30.8 Å². The Morgan fingerprint density at radius 3 is 2.53 bits per heavy atom. The van der Waals surface area contributed by atoms with Crippen LogP contribution in [0.15, 0.2) is 0 Å². The van der Waals surface area contributed by atoms with Crippen molar-refractivity contribution in [1.29, 1.82) is 0 Å². The van der Waals surface area contributed by atoms with Crippen molar-refractivity contribution >= 4 is 17.9 Å². The largest absolute Gasteiger partial charge is 0.459 e. The number of hydrogen-bond donors (Lipinski definition) is 0. The van der Waals surface area contributed by atoms with E-state index in [-0.39, 0.29) is 41.9 Å². The Balaban J connectivity index is 1.08. The molecule has 0 N–H and O–H groups in total. The monoisotopic (exact) mass is 501 g/mol. The zero-order valence-electron chi connectivity index (χ0n) is 21.1. The lowest BCUT2D eigenvalue weighted by Crippen LogP contribution is -2.50. The summed E-state index contributed by atoms with van der Waals surface area (Å²) in [4.78, 5) is 41.7. The first-order chi connectivity index (χ1) is 17.5. The summed E-state index contributed by atoms with van der Waals surface area (Å²) >= 11 is 0. The van der Waals surface area contributed by atoms with Crippen molar-refractivity contribution in [2.24, 2.45) is 41.4 Å². The van der Waals surface area contributed by atoms with Crippen molar-refractivity contribution in [1.82, 2.24) is 4.90 Å². The predicted octanol–water partition coefficient (Wildman–Crippen LogP) is 2.72. The molecule has 0 aromatic carbocycles. The molecule has 4 bridgehead atoms. The smallest absolute Gasteiger partial charge is 0.320 e. The second-order valence-corrected chi connectivity index (χ2v) is 12.7. The highest BCUT2D eigenvalue weighted by atomic mass is 16.6. The molecule has 8 heteroatoms. The standard InChI is InChI=1S/C28H39NO7/c30-21(15-29-8-10-33-11-9-29)34-24-19-14-18-22(26(31)35-25(18)24)23(19)27(32)36-28(6-2-1-3-7-28)20-13-16-4-5-17(20)12-16/h16-20,22-25H,1-15H2. The second kappa shape index (κ2) is 8.97. The highest BCUT2D eigenvalue weighted by Gasteiger charge is 2.70. The number of hydrogen-bond acceptors (Lipinski definition) is 8. The van der Waals surface area contributed by atoms with Crippen molar-refractivity contribution in [3.05, 3.63) is 0 Å². The Hall–Kier alpha value is -1.67. The third-order valence-corrected chi connectivity index (χ3v) is 11.0. The third kappa shape index (κ3) is 3.72. The van der Waals surface area contributed by atoms with Crippen LogP contribution in [0, 0.1) is 41.4 Å². The van der Waals surface area contributed by atoms with E-state index >= 15 is 0 Å². The van der Waals surface area contributed by atoms with Gasteiger partial charge in [-0.1, -0.05) is 12.8 Å². The third-order valence-electron chi connectivity index (χ3n) is 11.0. The Kier molecular flexibility index (Phi) is 5.84. The minimum Gasteiger partial charge on any atom is -0.459 e. The molecule has 0 aromatic heterocycles. The van der Waals surface area contributed by atoms with Crippen LogP contribution in [0.4, 0.5) is 0 Å². The molecule has 0 radical (unpaired) electrons. The molecular formula is C28H39NO7. The van der Waals surface area contributed by atoms with Crippen LogP contribution in [-0.2, 0) is 33.3 Å². The fraction of sp³-hybridized carbons (Fsp3) is 0.893. The SMILES string of the molecule is O=C(CN1CCOCC1)OC1C2CC3C1OC(=O)C3C2C(=O)OC1(C2CC3CCC2C3)CCCCC1. The van der Waals surface area contributed by atoms with E-state index in [0.29, 0.717) is 44.6 Å². The average molecular weight is 502 g/mol. The van der Waals surface area contributed by atoms with E-state index in [0.717, 1.165) is 31.6 Å².